The van der Waals surface area contributed by atoms with Gasteiger partial charge in [-0.05, 0) is 24.3 Å². The predicted octanol–water partition coefficient (Wildman–Crippen LogP) is 2.24. The third-order valence-electron chi connectivity index (χ3n) is 3.54. The Kier molecular flexibility index (Phi) is 4.39. The van der Waals surface area contributed by atoms with Gasteiger partial charge in [0.25, 0.3) is 0 Å². The third-order valence-corrected chi connectivity index (χ3v) is 3.54. The number of nitrogens with zero attached hydrogens (tertiary/aromatic N) is 3. The van der Waals surface area contributed by atoms with Crippen molar-refractivity contribution in [2.45, 2.75) is 12.5 Å². The molecular weight excluding hydrogens is 294 g/mol. The lowest BCUT2D eigenvalue weighted by molar-refractivity contribution is -0.125. The lowest BCUT2D eigenvalue weighted by Crippen LogP contribution is -2.29. The maximum Gasteiger partial charge on any atom is 0.246 e. The number of ether oxygens (including phenoxy) is 1. The van der Waals surface area contributed by atoms with Gasteiger partial charge in [0.05, 0.1) is 24.4 Å². The van der Waals surface area contributed by atoms with E-state index in [1.54, 1.807) is 41.5 Å². The second-order valence-corrected chi connectivity index (χ2v) is 5.16. The van der Waals surface area contributed by atoms with Crippen molar-refractivity contribution in [1.29, 1.82) is 5.26 Å². The molecule has 2 aromatic rings. The molecule has 1 amide bonds. The summed E-state index contributed by atoms with van der Waals surface area (Å²) in [6.07, 6.45) is 6.87. The van der Waals surface area contributed by atoms with E-state index in [0.717, 1.165) is 6.42 Å². The highest BCUT2D eigenvalue weighted by Gasteiger charge is 2.26. The fraction of sp³-hybridized carbons (Fsp3) is 0.235. The minimum absolute atomic E-state index is 0.0776. The van der Waals surface area contributed by atoms with Crippen LogP contribution < -0.4 is 4.74 Å². The molecule has 1 saturated heterocycles. The number of likely N-dealkylation sites (tertiary alicyclic amines) is 1. The van der Waals surface area contributed by atoms with Gasteiger partial charge in [0.15, 0.2) is 0 Å². The highest BCUT2D eigenvalue weighted by Crippen LogP contribution is 2.18. The van der Waals surface area contributed by atoms with E-state index >= 15 is 0 Å². The van der Waals surface area contributed by atoms with E-state index in [1.807, 2.05) is 6.07 Å². The lowest BCUT2D eigenvalue weighted by atomic mass is 10.3. The van der Waals surface area contributed by atoms with Gasteiger partial charge in [0, 0.05) is 31.3 Å². The quantitative estimate of drug-likeness (QED) is 0.809. The summed E-state index contributed by atoms with van der Waals surface area (Å²) in [5, 5.41) is 8.87. The van der Waals surface area contributed by atoms with Crippen LogP contribution in [-0.4, -0.2) is 35.0 Å². The van der Waals surface area contributed by atoms with E-state index in [1.165, 1.54) is 12.3 Å². The average molecular weight is 309 g/mol. The van der Waals surface area contributed by atoms with Gasteiger partial charge in [-0.25, -0.2) is 4.98 Å². The van der Waals surface area contributed by atoms with Crippen LogP contribution in [0.2, 0.25) is 0 Å². The summed E-state index contributed by atoms with van der Waals surface area (Å²) in [4.78, 5) is 17.9. The number of pyridine rings is 1. The van der Waals surface area contributed by atoms with Crippen LogP contribution >= 0.6 is 0 Å². The fourth-order valence-corrected chi connectivity index (χ4v) is 2.38. The van der Waals surface area contributed by atoms with Crippen molar-refractivity contribution in [2.75, 3.05) is 13.1 Å². The smallest absolute Gasteiger partial charge is 0.246 e. The maximum absolute atomic E-state index is 12.1. The molecule has 0 N–H and O–H groups in total. The van der Waals surface area contributed by atoms with Gasteiger partial charge in [-0.15, -0.1) is 0 Å². The molecule has 1 unspecified atom stereocenters. The SMILES string of the molecule is N#Cc1ccnc(OC2CCN(C(=O)/C=C/c3ccco3)C2)c1. The molecule has 0 spiro atoms. The number of amides is 1. The predicted molar refractivity (Wildman–Crippen MR) is 82.3 cm³/mol. The van der Waals surface area contributed by atoms with Gasteiger partial charge in [-0.2, -0.15) is 5.26 Å². The molecule has 0 radical (unpaired) electrons. The highest BCUT2D eigenvalue weighted by molar-refractivity contribution is 5.91. The van der Waals surface area contributed by atoms with E-state index in [4.69, 9.17) is 14.4 Å². The van der Waals surface area contributed by atoms with Crippen molar-refractivity contribution in [3.05, 3.63) is 54.1 Å². The number of carbonyl (C=O) groups is 1. The van der Waals surface area contributed by atoms with Crippen molar-refractivity contribution in [1.82, 2.24) is 9.88 Å². The highest BCUT2D eigenvalue weighted by atomic mass is 16.5. The van der Waals surface area contributed by atoms with Gasteiger partial charge in [-0.1, -0.05) is 0 Å². The Bertz CT molecular complexity index is 747. The number of nitriles is 1. The van der Waals surface area contributed by atoms with Crippen LogP contribution in [0.1, 0.15) is 17.7 Å². The summed E-state index contributed by atoms with van der Waals surface area (Å²) >= 11 is 0. The van der Waals surface area contributed by atoms with E-state index in [2.05, 4.69) is 4.98 Å². The molecule has 0 bridgehead atoms. The summed E-state index contributed by atoms with van der Waals surface area (Å²) in [7, 11) is 0. The molecule has 2 aromatic heterocycles. The zero-order valence-corrected chi connectivity index (χ0v) is 12.4. The zero-order valence-electron chi connectivity index (χ0n) is 12.4. The Balaban J connectivity index is 1.55. The number of furan rings is 1. The minimum Gasteiger partial charge on any atom is -0.472 e. The number of aromatic nitrogens is 1. The van der Waals surface area contributed by atoms with Crippen molar-refractivity contribution < 1.29 is 13.9 Å². The first kappa shape index (κ1) is 14.9. The number of carbonyl (C=O) groups excluding carboxylic acids is 1. The van der Waals surface area contributed by atoms with Gasteiger partial charge >= 0.3 is 0 Å². The summed E-state index contributed by atoms with van der Waals surface area (Å²) in [5.74, 6) is 0.976. The standard InChI is InChI=1S/C17H15N3O3/c18-11-13-5-7-19-16(10-13)23-15-6-8-20(12-15)17(21)4-3-14-2-1-9-22-14/h1-5,7,9-10,15H,6,8,12H2/b4-3+. The summed E-state index contributed by atoms with van der Waals surface area (Å²) < 4.78 is 10.9. The Labute approximate surface area is 133 Å². The fourth-order valence-electron chi connectivity index (χ4n) is 2.38. The molecule has 0 saturated carbocycles. The molecule has 3 rings (SSSR count). The van der Waals surface area contributed by atoms with Crippen molar-refractivity contribution in [2.24, 2.45) is 0 Å². The van der Waals surface area contributed by atoms with Crippen LogP contribution in [0.15, 0.2) is 47.2 Å². The molecule has 0 aliphatic carbocycles. The summed E-state index contributed by atoms with van der Waals surface area (Å²) in [5.41, 5.74) is 0.502. The van der Waals surface area contributed by atoms with Crippen LogP contribution in [0.25, 0.3) is 6.08 Å². The van der Waals surface area contributed by atoms with Gasteiger partial charge in [-0.3, -0.25) is 4.79 Å². The number of hydrogen-bond donors (Lipinski definition) is 0. The zero-order chi connectivity index (χ0) is 16.1. The minimum atomic E-state index is -0.114. The number of hydrogen-bond acceptors (Lipinski definition) is 5. The Morgan fingerprint density at radius 2 is 2.43 bits per heavy atom. The molecule has 1 aliphatic heterocycles. The Morgan fingerprint density at radius 3 is 3.22 bits per heavy atom. The molecule has 0 aromatic carbocycles. The maximum atomic E-state index is 12.1. The van der Waals surface area contributed by atoms with Gasteiger partial charge < -0.3 is 14.1 Å². The molecule has 6 heteroatoms. The Hall–Kier alpha value is -3.07. The number of rotatable bonds is 4. The first-order valence-corrected chi connectivity index (χ1v) is 7.28. The molecule has 6 nitrogen and oxygen atoms in total. The molecule has 116 valence electrons. The molecule has 1 atom stereocenters. The first-order valence-electron chi connectivity index (χ1n) is 7.28. The molecular formula is C17H15N3O3. The molecule has 1 aliphatic rings. The van der Waals surface area contributed by atoms with E-state index in [0.29, 0.717) is 30.3 Å². The summed E-state index contributed by atoms with van der Waals surface area (Å²) in [6, 6.07) is 8.82. The normalized spacial score (nSPS) is 17.3. The third kappa shape index (κ3) is 3.77. The van der Waals surface area contributed by atoms with Crippen molar-refractivity contribution in [3.63, 3.8) is 0 Å². The van der Waals surface area contributed by atoms with Crippen LogP contribution in [0.5, 0.6) is 5.88 Å². The first-order chi connectivity index (χ1) is 11.2. The van der Waals surface area contributed by atoms with Crippen LogP contribution in [0.3, 0.4) is 0 Å². The molecule has 1 fully saturated rings. The lowest BCUT2D eigenvalue weighted by Gasteiger charge is -2.15. The van der Waals surface area contributed by atoms with Gasteiger partial charge in [0.1, 0.15) is 11.9 Å². The van der Waals surface area contributed by atoms with Crippen molar-refractivity contribution in [3.8, 4) is 11.9 Å². The van der Waals surface area contributed by atoms with Crippen LogP contribution in [0, 0.1) is 11.3 Å². The molecule has 3 heterocycles. The largest absolute Gasteiger partial charge is 0.472 e. The summed E-state index contributed by atoms with van der Waals surface area (Å²) in [6.45, 7) is 1.13. The molecule has 23 heavy (non-hydrogen) atoms. The van der Waals surface area contributed by atoms with Crippen LogP contribution in [0.4, 0.5) is 0 Å². The topological polar surface area (TPSA) is 79.4 Å². The average Bonchev–Trinajstić information content (AvgIpc) is 3.24. The van der Waals surface area contributed by atoms with E-state index in [9.17, 15) is 4.79 Å². The van der Waals surface area contributed by atoms with E-state index in [-0.39, 0.29) is 12.0 Å². The van der Waals surface area contributed by atoms with E-state index < -0.39 is 0 Å². The van der Waals surface area contributed by atoms with Crippen molar-refractivity contribution >= 4 is 12.0 Å². The van der Waals surface area contributed by atoms with Gasteiger partial charge in [0.2, 0.25) is 11.8 Å². The Morgan fingerprint density at radius 1 is 1.52 bits per heavy atom. The second-order valence-electron chi connectivity index (χ2n) is 5.16. The monoisotopic (exact) mass is 309 g/mol. The van der Waals surface area contributed by atoms with Crippen LogP contribution in [-0.2, 0) is 4.79 Å². The second kappa shape index (κ2) is 6.79.